The summed E-state index contributed by atoms with van der Waals surface area (Å²) in [7, 11) is 0. The Kier molecular flexibility index (Phi) is 4.17. The van der Waals surface area contributed by atoms with E-state index in [1.165, 1.54) is 0 Å². The monoisotopic (exact) mass is 338 g/mol. The highest BCUT2D eigenvalue weighted by molar-refractivity contribution is 5.95. The molecule has 25 heavy (non-hydrogen) atoms. The van der Waals surface area contributed by atoms with Gasteiger partial charge in [0.25, 0.3) is 5.91 Å². The Morgan fingerprint density at radius 3 is 2.92 bits per heavy atom. The predicted octanol–water partition coefficient (Wildman–Crippen LogP) is 2.84. The van der Waals surface area contributed by atoms with E-state index in [2.05, 4.69) is 4.98 Å². The summed E-state index contributed by atoms with van der Waals surface area (Å²) in [6.45, 7) is 3.91. The number of nitrogens with zero attached hydrogens (tertiary/aromatic N) is 2. The van der Waals surface area contributed by atoms with Crippen molar-refractivity contribution in [2.24, 2.45) is 0 Å². The SMILES string of the molecule is Cc1cccc(C(=O)N2CC3(C[C@@H](Oc4ccccn4)CCO3)C2)c1. The Morgan fingerprint density at radius 2 is 2.16 bits per heavy atom. The van der Waals surface area contributed by atoms with E-state index < -0.39 is 0 Å². The van der Waals surface area contributed by atoms with Crippen LogP contribution in [0.25, 0.3) is 0 Å². The maximum Gasteiger partial charge on any atom is 0.254 e. The van der Waals surface area contributed by atoms with Crippen LogP contribution in [-0.4, -0.2) is 47.2 Å². The molecule has 1 amide bonds. The summed E-state index contributed by atoms with van der Waals surface area (Å²) in [6.07, 6.45) is 3.46. The van der Waals surface area contributed by atoms with Crippen molar-refractivity contribution in [3.05, 3.63) is 59.8 Å². The third-order valence-electron chi connectivity index (χ3n) is 4.88. The van der Waals surface area contributed by atoms with E-state index >= 15 is 0 Å². The van der Waals surface area contributed by atoms with E-state index in [-0.39, 0.29) is 17.6 Å². The fourth-order valence-corrected chi connectivity index (χ4v) is 3.64. The van der Waals surface area contributed by atoms with E-state index in [9.17, 15) is 4.79 Å². The summed E-state index contributed by atoms with van der Waals surface area (Å²) in [5.74, 6) is 0.724. The maximum atomic E-state index is 12.6. The number of carbonyl (C=O) groups excluding carboxylic acids is 1. The summed E-state index contributed by atoms with van der Waals surface area (Å²) < 4.78 is 12.0. The summed E-state index contributed by atoms with van der Waals surface area (Å²) in [5.41, 5.74) is 1.57. The van der Waals surface area contributed by atoms with Gasteiger partial charge in [0.05, 0.1) is 19.7 Å². The van der Waals surface area contributed by atoms with Crippen molar-refractivity contribution < 1.29 is 14.3 Å². The number of hydrogen-bond acceptors (Lipinski definition) is 4. The van der Waals surface area contributed by atoms with Crippen LogP contribution in [0.2, 0.25) is 0 Å². The quantitative estimate of drug-likeness (QED) is 0.863. The highest BCUT2D eigenvalue weighted by atomic mass is 16.5. The number of hydrogen-bond donors (Lipinski definition) is 0. The molecule has 0 aliphatic carbocycles. The average Bonchev–Trinajstić information content (AvgIpc) is 2.60. The van der Waals surface area contributed by atoms with Gasteiger partial charge in [-0.15, -0.1) is 0 Å². The second-order valence-electron chi connectivity index (χ2n) is 6.96. The van der Waals surface area contributed by atoms with Crippen LogP contribution in [0.3, 0.4) is 0 Å². The summed E-state index contributed by atoms with van der Waals surface area (Å²) in [5, 5.41) is 0. The Bertz CT molecular complexity index is 757. The minimum absolute atomic E-state index is 0.0747. The van der Waals surface area contributed by atoms with Gasteiger partial charge < -0.3 is 14.4 Å². The second-order valence-corrected chi connectivity index (χ2v) is 6.96. The number of rotatable bonds is 3. The second kappa shape index (κ2) is 6.48. The number of amides is 1. The number of aromatic nitrogens is 1. The van der Waals surface area contributed by atoms with Gasteiger partial charge in [-0.3, -0.25) is 4.79 Å². The van der Waals surface area contributed by atoms with Crippen LogP contribution in [0.5, 0.6) is 5.88 Å². The zero-order valence-corrected chi connectivity index (χ0v) is 14.4. The maximum absolute atomic E-state index is 12.6. The van der Waals surface area contributed by atoms with Crippen LogP contribution in [-0.2, 0) is 4.74 Å². The Morgan fingerprint density at radius 1 is 1.28 bits per heavy atom. The normalized spacial score (nSPS) is 21.6. The highest BCUT2D eigenvalue weighted by Gasteiger charge is 2.50. The summed E-state index contributed by atoms with van der Waals surface area (Å²) >= 11 is 0. The fraction of sp³-hybridized carbons (Fsp3) is 0.400. The highest BCUT2D eigenvalue weighted by Crippen LogP contribution is 2.36. The first-order chi connectivity index (χ1) is 12.1. The van der Waals surface area contributed by atoms with Crippen molar-refractivity contribution in [2.75, 3.05) is 19.7 Å². The van der Waals surface area contributed by atoms with Crippen LogP contribution in [0.4, 0.5) is 0 Å². The van der Waals surface area contributed by atoms with Gasteiger partial charge in [0, 0.05) is 30.7 Å². The van der Waals surface area contributed by atoms with Crippen LogP contribution in [0.15, 0.2) is 48.7 Å². The van der Waals surface area contributed by atoms with Gasteiger partial charge in [-0.05, 0) is 25.1 Å². The van der Waals surface area contributed by atoms with Gasteiger partial charge in [0.15, 0.2) is 0 Å². The van der Waals surface area contributed by atoms with Gasteiger partial charge >= 0.3 is 0 Å². The molecule has 0 unspecified atom stereocenters. The van der Waals surface area contributed by atoms with Gasteiger partial charge in [0.1, 0.15) is 11.7 Å². The van der Waals surface area contributed by atoms with Gasteiger partial charge in [-0.2, -0.15) is 0 Å². The molecule has 130 valence electrons. The molecule has 1 aromatic carbocycles. The van der Waals surface area contributed by atoms with Gasteiger partial charge in [0.2, 0.25) is 5.88 Å². The van der Waals surface area contributed by atoms with Crippen LogP contribution in [0.1, 0.15) is 28.8 Å². The molecule has 0 radical (unpaired) electrons. The zero-order valence-electron chi connectivity index (χ0n) is 14.4. The number of pyridine rings is 1. The molecule has 1 atom stereocenters. The fourth-order valence-electron chi connectivity index (χ4n) is 3.64. The molecule has 3 heterocycles. The van der Waals surface area contributed by atoms with Crippen molar-refractivity contribution in [3.63, 3.8) is 0 Å². The minimum atomic E-state index is -0.267. The third kappa shape index (κ3) is 3.37. The molecule has 2 fully saturated rings. The molecule has 5 nitrogen and oxygen atoms in total. The molecule has 2 aromatic rings. The van der Waals surface area contributed by atoms with Crippen LogP contribution < -0.4 is 4.74 Å². The number of ether oxygens (including phenoxy) is 2. The molecule has 2 aliphatic rings. The van der Waals surface area contributed by atoms with Gasteiger partial charge in [-0.25, -0.2) is 4.98 Å². The lowest BCUT2D eigenvalue weighted by Crippen LogP contribution is -2.67. The van der Waals surface area contributed by atoms with E-state index in [0.717, 1.165) is 24.0 Å². The Hall–Kier alpha value is -2.40. The van der Waals surface area contributed by atoms with Crippen molar-refractivity contribution in [3.8, 4) is 5.88 Å². The molecule has 0 saturated carbocycles. The topological polar surface area (TPSA) is 51.7 Å². The Balaban J connectivity index is 1.37. The first-order valence-corrected chi connectivity index (χ1v) is 8.71. The molecule has 0 bridgehead atoms. The molecule has 4 rings (SSSR count). The number of benzene rings is 1. The number of likely N-dealkylation sites (tertiary alicyclic amines) is 1. The predicted molar refractivity (Wildman–Crippen MR) is 93.7 cm³/mol. The standard InChI is InChI=1S/C20H22N2O3/c1-15-5-4-6-16(11-15)19(23)22-13-20(14-22)12-17(8-10-24-20)25-18-7-2-3-9-21-18/h2-7,9,11,17H,8,10,12-14H2,1H3/t17-/m0/s1. The molecular formula is C20H22N2O3. The molecule has 2 saturated heterocycles. The molecule has 1 spiro atoms. The smallest absolute Gasteiger partial charge is 0.254 e. The average molecular weight is 338 g/mol. The molecule has 0 N–H and O–H groups in total. The van der Waals surface area contributed by atoms with E-state index in [1.807, 2.05) is 54.3 Å². The lowest BCUT2D eigenvalue weighted by atomic mass is 9.84. The first kappa shape index (κ1) is 16.1. The minimum Gasteiger partial charge on any atom is -0.474 e. The number of aryl methyl sites for hydroxylation is 1. The van der Waals surface area contributed by atoms with Crippen LogP contribution >= 0.6 is 0 Å². The van der Waals surface area contributed by atoms with Gasteiger partial charge in [-0.1, -0.05) is 23.8 Å². The third-order valence-corrected chi connectivity index (χ3v) is 4.88. The summed E-state index contributed by atoms with van der Waals surface area (Å²) in [6, 6.07) is 13.4. The van der Waals surface area contributed by atoms with E-state index in [4.69, 9.17) is 9.47 Å². The number of carbonyl (C=O) groups is 1. The van der Waals surface area contributed by atoms with Crippen molar-refractivity contribution in [2.45, 2.75) is 31.5 Å². The van der Waals surface area contributed by atoms with Crippen molar-refractivity contribution in [1.29, 1.82) is 0 Å². The van der Waals surface area contributed by atoms with E-state index in [1.54, 1.807) is 6.20 Å². The molecule has 5 heteroatoms. The zero-order chi connectivity index (χ0) is 17.3. The van der Waals surface area contributed by atoms with Crippen LogP contribution in [0, 0.1) is 6.92 Å². The molecule has 2 aliphatic heterocycles. The van der Waals surface area contributed by atoms with Crippen molar-refractivity contribution in [1.82, 2.24) is 9.88 Å². The van der Waals surface area contributed by atoms with Crippen molar-refractivity contribution >= 4 is 5.91 Å². The molecule has 1 aromatic heterocycles. The lowest BCUT2D eigenvalue weighted by molar-refractivity contribution is -0.174. The summed E-state index contributed by atoms with van der Waals surface area (Å²) in [4.78, 5) is 18.7. The first-order valence-electron chi connectivity index (χ1n) is 8.71. The largest absolute Gasteiger partial charge is 0.474 e. The molecular weight excluding hydrogens is 316 g/mol. The van der Waals surface area contributed by atoms with E-state index in [0.29, 0.717) is 25.6 Å². The Labute approximate surface area is 147 Å². The lowest BCUT2D eigenvalue weighted by Gasteiger charge is -2.52.